The number of aryl methyl sites for hydroxylation is 1. The van der Waals surface area contributed by atoms with Gasteiger partial charge in [-0.2, -0.15) is 16.8 Å². The first-order chi connectivity index (χ1) is 9.28. The van der Waals surface area contributed by atoms with Gasteiger partial charge in [0.1, 0.15) is 11.5 Å². The third kappa shape index (κ3) is 12.1. The van der Waals surface area contributed by atoms with Crippen LogP contribution in [0.1, 0.15) is 16.7 Å². The first-order valence-electron chi connectivity index (χ1n) is 5.05. The van der Waals surface area contributed by atoms with Gasteiger partial charge in [-0.25, -0.2) is 0 Å². The normalized spacial score (nSPS) is 11.4. The fourth-order valence-corrected chi connectivity index (χ4v) is 2.71. The Hall–Kier alpha value is -1.34. The van der Waals surface area contributed by atoms with Crippen molar-refractivity contribution in [1.82, 2.24) is 0 Å². The van der Waals surface area contributed by atoms with E-state index >= 15 is 0 Å². The van der Waals surface area contributed by atoms with Gasteiger partial charge < -0.3 is 0 Å². The summed E-state index contributed by atoms with van der Waals surface area (Å²) in [5.41, 5.74) is 1.18. The average molecular weight is 360 g/mol. The summed E-state index contributed by atoms with van der Waals surface area (Å²) in [6.45, 7) is 1.65. The van der Waals surface area contributed by atoms with Crippen LogP contribution >= 0.6 is 0 Å². The monoisotopic (exact) mass is 360 g/mol. The molecule has 0 aromatic heterocycles. The highest BCUT2D eigenvalue weighted by Gasteiger charge is 2.11. The first kappa shape index (κ1) is 19.7. The third-order valence-corrected chi connectivity index (χ3v) is 3.29. The highest BCUT2D eigenvalue weighted by atomic mass is 32.2. The molecule has 1 rings (SSSR count). The molecule has 120 valence electrons. The van der Waals surface area contributed by atoms with E-state index in [1.807, 2.05) is 0 Å². The maximum atomic E-state index is 10.7. The minimum atomic E-state index is -4.17. The number of hydrogen-bond donors (Lipinski definition) is 2. The number of rotatable bonds is 4. The van der Waals surface area contributed by atoms with Crippen molar-refractivity contribution in [1.29, 1.82) is 0 Å². The quantitative estimate of drug-likeness (QED) is 0.691. The van der Waals surface area contributed by atoms with Gasteiger partial charge in [0.25, 0.3) is 20.2 Å². The summed E-state index contributed by atoms with van der Waals surface area (Å²) in [7, 11) is -11.4. The minimum Gasteiger partial charge on any atom is -0.285 e. The van der Waals surface area contributed by atoms with Crippen molar-refractivity contribution in [2.75, 3.05) is 0 Å². The Morgan fingerprint density at radius 1 is 0.857 bits per heavy atom. The molecule has 1 aromatic carbocycles. The average Bonchev–Trinajstić information content (AvgIpc) is 2.07. The van der Waals surface area contributed by atoms with Crippen molar-refractivity contribution in [3.05, 3.63) is 34.9 Å². The molecular weight excluding hydrogens is 348 g/mol. The highest BCUT2D eigenvalue weighted by molar-refractivity contribution is 7.85. The van der Waals surface area contributed by atoms with Crippen LogP contribution in [0.25, 0.3) is 0 Å². The summed E-state index contributed by atoms with van der Waals surface area (Å²) in [4.78, 5) is 0. The second kappa shape index (κ2) is 7.61. The van der Waals surface area contributed by atoms with Crippen LogP contribution in [0.2, 0.25) is 0 Å². The van der Waals surface area contributed by atoms with Crippen LogP contribution in [-0.2, 0) is 42.4 Å². The molecular formula is C9H12O9S3. The number of benzene rings is 1. The van der Waals surface area contributed by atoms with Crippen LogP contribution in [0.4, 0.5) is 0 Å². The van der Waals surface area contributed by atoms with E-state index in [4.69, 9.17) is 21.7 Å². The van der Waals surface area contributed by atoms with E-state index in [0.717, 1.165) is 0 Å². The van der Waals surface area contributed by atoms with E-state index in [2.05, 4.69) is 0 Å². The molecule has 1 aromatic rings. The molecule has 0 bridgehead atoms. The Kier molecular flexibility index (Phi) is 7.12. The Morgan fingerprint density at radius 2 is 1.14 bits per heavy atom. The fourth-order valence-electron chi connectivity index (χ4n) is 1.54. The Labute approximate surface area is 123 Å². The van der Waals surface area contributed by atoms with Crippen molar-refractivity contribution < 1.29 is 38.6 Å². The summed E-state index contributed by atoms with van der Waals surface area (Å²) in [6, 6.07) is 4.34. The Morgan fingerprint density at radius 3 is 1.38 bits per heavy atom. The standard InChI is InChI=1S/C9H12O6S2.O3S/c1-7-2-8(5-16(10,11)12)4-9(3-7)6-17(13,14)15;1-4(2)3/h2-4H,5-6H2,1H3,(H,10,11,12)(H,13,14,15);. The van der Waals surface area contributed by atoms with Crippen LogP contribution in [0, 0.1) is 6.92 Å². The summed E-state index contributed by atoms with van der Waals surface area (Å²) < 4.78 is 85.5. The van der Waals surface area contributed by atoms with Crippen molar-refractivity contribution >= 4 is 30.8 Å². The first-order valence-corrected chi connectivity index (χ1v) is 9.27. The maximum absolute atomic E-state index is 10.7. The highest BCUT2D eigenvalue weighted by Crippen LogP contribution is 2.14. The Balaban J connectivity index is 0.000000885. The molecule has 0 unspecified atom stereocenters. The molecule has 21 heavy (non-hydrogen) atoms. The van der Waals surface area contributed by atoms with E-state index in [1.165, 1.54) is 18.2 Å². The second-order valence-corrected chi connectivity index (χ2v) is 7.30. The summed E-state index contributed by atoms with van der Waals surface area (Å²) in [5.74, 6) is -1.18. The molecule has 0 saturated carbocycles. The maximum Gasteiger partial charge on any atom is 0.425 e. The predicted octanol–water partition coefficient (Wildman–Crippen LogP) is -0.233. The predicted molar refractivity (Wildman–Crippen MR) is 71.4 cm³/mol. The molecule has 0 saturated heterocycles. The second-order valence-electron chi connectivity index (χ2n) is 3.98. The van der Waals surface area contributed by atoms with Gasteiger partial charge in [0.2, 0.25) is 0 Å². The molecule has 0 spiro atoms. The largest absolute Gasteiger partial charge is 0.425 e. The molecule has 0 amide bonds. The van der Waals surface area contributed by atoms with Crippen molar-refractivity contribution in [3.63, 3.8) is 0 Å². The lowest BCUT2D eigenvalue weighted by molar-refractivity contribution is 0.480. The molecule has 12 heteroatoms. The lowest BCUT2D eigenvalue weighted by Crippen LogP contribution is -2.05. The van der Waals surface area contributed by atoms with Gasteiger partial charge in [-0.1, -0.05) is 23.8 Å². The van der Waals surface area contributed by atoms with Crippen LogP contribution in [0.15, 0.2) is 18.2 Å². The zero-order valence-electron chi connectivity index (χ0n) is 10.6. The Bertz CT molecular complexity index is 745. The van der Waals surface area contributed by atoms with Gasteiger partial charge in [0.15, 0.2) is 0 Å². The third-order valence-electron chi connectivity index (χ3n) is 1.90. The van der Waals surface area contributed by atoms with Gasteiger partial charge in [-0.3, -0.25) is 9.11 Å². The van der Waals surface area contributed by atoms with Crippen LogP contribution in [-0.4, -0.2) is 38.6 Å². The molecule has 0 radical (unpaired) electrons. The van der Waals surface area contributed by atoms with E-state index < -0.39 is 42.4 Å². The van der Waals surface area contributed by atoms with Crippen molar-refractivity contribution in [2.45, 2.75) is 18.4 Å². The zero-order chi connectivity index (χ0) is 16.8. The van der Waals surface area contributed by atoms with Gasteiger partial charge >= 0.3 is 10.6 Å². The molecule has 0 atom stereocenters. The van der Waals surface area contributed by atoms with Gasteiger partial charge in [0.05, 0.1) is 0 Å². The van der Waals surface area contributed by atoms with Gasteiger partial charge in [-0.05, 0) is 18.1 Å². The van der Waals surface area contributed by atoms with E-state index in [0.29, 0.717) is 5.56 Å². The number of hydrogen-bond acceptors (Lipinski definition) is 7. The molecule has 2 N–H and O–H groups in total. The zero-order valence-corrected chi connectivity index (χ0v) is 13.1. The molecule has 9 nitrogen and oxygen atoms in total. The SMILES string of the molecule is Cc1cc(CS(=O)(=O)O)cc(CS(=O)(=O)O)c1.O=S(=O)=O. The summed E-state index contributed by atoms with van der Waals surface area (Å²) in [6.07, 6.45) is 0. The van der Waals surface area contributed by atoms with E-state index in [9.17, 15) is 16.8 Å². The van der Waals surface area contributed by atoms with E-state index in [-0.39, 0.29) is 11.1 Å². The lowest BCUT2D eigenvalue weighted by atomic mass is 10.1. The van der Waals surface area contributed by atoms with Crippen molar-refractivity contribution in [3.8, 4) is 0 Å². The van der Waals surface area contributed by atoms with Crippen LogP contribution in [0.3, 0.4) is 0 Å². The van der Waals surface area contributed by atoms with E-state index in [1.54, 1.807) is 6.92 Å². The lowest BCUT2D eigenvalue weighted by Gasteiger charge is -2.05. The molecule has 0 heterocycles. The summed E-state index contributed by atoms with van der Waals surface area (Å²) >= 11 is 0. The summed E-state index contributed by atoms with van der Waals surface area (Å²) in [5, 5.41) is 0. The fraction of sp³-hybridized carbons (Fsp3) is 0.333. The molecule has 0 fully saturated rings. The van der Waals surface area contributed by atoms with Crippen LogP contribution < -0.4 is 0 Å². The molecule has 0 aliphatic rings. The minimum absolute atomic E-state index is 0.270. The van der Waals surface area contributed by atoms with Crippen molar-refractivity contribution in [2.24, 2.45) is 0 Å². The smallest absolute Gasteiger partial charge is 0.285 e. The molecule has 0 aliphatic carbocycles. The topological polar surface area (TPSA) is 160 Å². The van der Waals surface area contributed by atoms with Crippen LogP contribution in [0.5, 0.6) is 0 Å². The van der Waals surface area contributed by atoms with Gasteiger partial charge in [-0.15, -0.1) is 12.6 Å². The molecule has 0 aliphatic heterocycles. The van der Waals surface area contributed by atoms with Gasteiger partial charge in [0, 0.05) is 0 Å².